The molecule has 0 aromatic heterocycles. The number of carboxylic acid groups (broad SMARTS) is 1. The van der Waals surface area contributed by atoms with E-state index in [2.05, 4.69) is 5.32 Å². The van der Waals surface area contributed by atoms with E-state index >= 15 is 0 Å². The van der Waals surface area contributed by atoms with Gasteiger partial charge < -0.3 is 10.4 Å². The molecule has 0 amide bonds. The first-order valence-corrected chi connectivity index (χ1v) is 8.49. The maximum atomic E-state index is 14.3. The monoisotopic (exact) mass is 345 g/mol. The summed E-state index contributed by atoms with van der Waals surface area (Å²) in [6, 6.07) is 10.6. The molecule has 0 atom stereocenters. The summed E-state index contributed by atoms with van der Waals surface area (Å²) in [4.78, 5) is 11.0. The van der Waals surface area contributed by atoms with Gasteiger partial charge in [-0.05, 0) is 42.2 Å². The molecule has 132 valence electrons. The average Bonchev–Trinajstić information content (AvgIpc) is 3.04. The van der Waals surface area contributed by atoms with Crippen molar-refractivity contribution in [3.63, 3.8) is 0 Å². The van der Waals surface area contributed by atoms with Gasteiger partial charge in [0.25, 0.3) is 0 Å². The lowest BCUT2D eigenvalue weighted by Crippen LogP contribution is -2.36. The Labute approximate surface area is 145 Å². The van der Waals surface area contributed by atoms with E-state index in [4.69, 9.17) is 5.11 Å². The summed E-state index contributed by atoms with van der Waals surface area (Å²) in [5.74, 6) is -2.01. The van der Waals surface area contributed by atoms with E-state index in [1.807, 2.05) is 6.07 Å². The molecule has 0 radical (unpaired) electrons. The molecule has 0 heterocycles. The number of hydrogen-bond donors (Lipinski definition) is 2. The summed E-state index contributed by atoms with van der Waals surface area (Å²) in [6.45, 7) is 1.08. The number of nitrogens with one attached hydrogen (secondary N) is 1. The molecule has 3 rings (SSSR count). The number of hydrogen-bond acceptors (Lipinski definition) is 2. The zero-order valence-electron chi connectivity index (χ0n) is 13.9. The van der Waals surface area contributed by atoms with Crippen molar-refractivity contribution in [3.05, 3.63) is 70.8 Å². The van der Waals surface area contributed by atoms with Crippen LogP contribution in [0.1, 0.15) is 47.2 Å². The number of carboxylic acids is 1. The summed E-state index contributed by atoms with van der Waals surface area (Å²) >= 11 is 0. The highest BCUT2D eigenvalue weighted by molar-refractivity contribution is 5.87. The lowest BCUT2D eigenvalue weighted by atomic mass is 9.78. The van der Waals surface area contributed by atoms with Gasteiger partial charge >= 0.3 is 5.97 Å². The van der Waals surface area contributed by atoms with Crippen molar-refractivity contribution in [1.82, 2.24) is 5.32 Å². The van der Waals surface area contributed by atoms with Gasteiger partial charge in [0.1, 0.15) is 11.6 Å². The number of rotatable bonds is 6. The Bertz CT molecular complexity index is 770. The van der Waals surface area contributed by atoms with E-state index in [0.717, 1.165) is 37.3 Å². The quantitative estimate of drug-likeness (QED) is 0.822. The minimum Gasteiger partial charge on any atom is -0.478 e. The topological polar surface area (TPSA) is 49.3 Å². The van der Waals surface area contributed by atoms with Crippen LogP contribution in [0.4, 0.5) is 8.78 Å². The van der Waals surface area contributed by atoms with Crippen LogP contribution < -0.4 is 5.32 Å². The van der Waals surface area contributed by atoms with Crippen LogP contribution in [-0.4, -0.2) is 17.6 Å². The number of halogens is 2. The van der Waals surface area contributed by atoms with E-state index in [1.165, 1.54) is 6.07 Å². The second-order valence-corrected chi connectivity index (χ2v) is 6.72. The van der Waals surface area contributed by atoms with Crippen LogP contribution in [0.3, 0.4) is 0 Å². The predicted octanol–water partition coefficient (Wildman–Crippen LogP) is 4.26. The van der Waals surface area contributed by atoms with Crippen LogP contribution in [0.15, 0.2) is 42.5 Å². The Morgan fingerprint density at radius 1 is 1.12 bits per heavy atom. The van der Waals surface area contributed by atoms with E-state index in [-0.39, 0.29) is 11.0 Å². The Kier molecular flexibility index (Phi) is 5.13. The van der Waals surface area contributed by atoms with Crippen molar-refractivity contribution < 1.29 is 18.7 Å². The van der Waals surface area contributed by atoms with Gasteiger partial charge in [0.05, 0.1) is 5.56 Å². The largest absolute Gasteiger partial charge is 0.478 e. The molecule has 0 unspecified atom stereocenters. The van der Waals surface area contributed by atoms with Gasteiger partial charge in [0, 0.05) is 24.6 Å². The number of carbonyl (C=O) groups is 1. The molecule has 2 aromatic carbocycles. The van der Waals surface area contributed by atoms with Gasteiger partial charge in [0.15, 0.2) is 0 Å². The first-order valence-electron chi connectivity index (χ1n) is 8.49. The molecule has 0 aliphatic heterocycles. The summed E-state index contributed by atoms with van der Waals surface area (Å²) in [5.41, 5.74) is 1.35. The van der Waals surface area contributed by atoms with Crippen molar-refractivity contribution >= 4 is 5.97 Å². The highest BCUT2D eigenvalue weighted by Gasteiger charge is 2.37. The molecule has 25 heavy (non-hydrogen) atoms. The molecular weight excluding hydrogens is 324 g/mol. The van der Waals surface area contributed by atoms with Gasteiger partial charge in [-0.3, -0.25) is 0 Å². The third-order valence-electron chi connectivity index (χ3n) is 5.03. The molecule has 5 heteroatoms. The van der Waals surface area contributed by atoms with Crippen LogP contribution >= 0.6 is 0 Å². The standard InChI is InChI=1S/C20H21F2NO2/c21-16-6-7-17(18(22)11-16)20(8-1-2-9-20)13-23-12-14-4-3-5-15(10-14)19(24)25/h3-7,10-11,23H,1-2,8-9,12-13H2,(H,24,25). The van der Waals surface area contributed by atoms with Crippen molar-refractivity contribution in [3.8, 4) is 0 Å². The molecule has 2 aromatic rings. The maximum absolute atomic E-state index is 14.3. The van der Waals surface area contributed by atoms with Crippen LogP contribution in [-0.2, 0) is 12.0 Å². The van der Waals surface area contributed by atoms with Gasteiger partial charge in [-0.1, -0.05) is 31.0 Å². The molecule has 1 saturated carbocycles. The lowest BCUT2D eigenvalue weighted by molar-refractivity contribution is 0.0696. The second kappa shape index (κ2) is 7.31. The van der Waals surface area contributed by atoms with E-state index < -0.39 is 17.6 Å². The van der Waals surface area contributed by atoms with Crippen LogP contribution in [0, 0.1) is 11.6 Å². The van der Waals surface area contributed by atoms with Crippen LogP contribution in [0.2, 0.25) is 0 Å². The van der Waals surface area contributed by atoms with Gasteiger partial charge in [-0.25, -0.2) is 13.6 Å². The summed E-state index contributed by atoms with van der Waals surface area (Å²) in [6.07, 6.45) is 3.76. The van der Waals surface area contributed by atoms with Crippen molar-refractivity contribution in [2.24, 2.45) is 0 Å². The first kappa shape index (κ1) is 17.5. The smallest absolute Gasteiger partial charge is 0.335 e. The van der Waals surface area contributed by atoms with Crippen molar-refractivity contribution in [2.45, 2.75) is 37.6 Å². The minimum atomic E-state index is -0.956. The summed E-state index contributed by atoms with van der Waals surface area (Å²) < 4.78 is 27.5. The van der Waals surface area contributed by atoms with Crippen molar-refractivity contribution in [2.75, 3.05) is 6.54 Å². The number of benzene rings is 2. The zero-order valence-corrected chi connectivity index (χ0v) is 13.9. The lowest BCUT2D eigenvalue weighted by Gasteiger charge is -2.30. The molecule has 3 nitrogen and oxygen atoms in total. The van der Waals surface area contributed by atoms with E-state index in [0.29, 0.717) is 18.7 Å². The average molecular weight is 345 g/mol. The Morgan fingerprint density at radius 3 is 2.56 bits per heavy atom. The first-order chi connectivity index (χ1) is 12.0. The molecule has 0 bridgehead atoms. The fourth-order valence-corrected chi connectivity index (χ4v) is 3.77. The second-order valence-electron chi connectivity index (χ2n) is 6.72. The molecule has 2 N–H and O–H groups in total. The van der Waals surface area contributed by atoms with E-state index in [9.17, 15) is 13.6 Å². The Balaban J connectivity index is 1.73. The SMILES string of the molecule is O=C(O)c1cccc(CNCC2(c3ccc(F)cc3F)CCCC2)c1. The molecular formula is C20H21F2NO2. The number of aromatic carboxylic acids is 1. The Morgan fingerprint density at radius 2 is 1.88 bits per heavy atom. The van der Waals surface area contributed by atoms with E-state index in [1.54, 1.807) is 24.3 Å². The summed E-state index contributed by atoms with van der Waals surface area (Å²) in [5, 5.41) is 12.4. The maximum Gasteiger partial charge on any atom is 0.335 e. The fraction of sp³-hybridized carbons (Fsp3) is 0.350. The van der Waals surface area contributed by atoms with Crippen LogP contribution in [0.25, 0.3) is 0 Å². The van der Waals surface area contributed by atoms with Gasteiger partial charge in [-0.15, -0.1) is 0 Å². The molecule has 1 aliphatic carbocycles. The predicted molar refractivity (Wildman–Crippen MR) is 91.6 cm³/mol. The normalized spacial score (nSPS) is 16.1. The third kappa shape index (κ3) is 3.87. The van der Waals surface area contributed by atoms with Gasteiger partial charge in [-0.2, -0.15) is 0 Å². The molecule has 0 saturated heterocycles. The van der Waals surface area contributed by atoms with Crippen molar-refractivity contribution in [1.29, 1.82) is 0 Å². The van der Waals surface area contributed by atoms with Crippen LogP contribution in [0.5, 0.6) is 0 Å². The molecule has 1 fully saturated rings. The highest BCUT2D eigenvalue weighted by Crippen LogP contribution is 2.41. The fourth-order valence-electron chi connectivity index (χ4n) is 3.77. The molecule has 1 aliphatic rings. The molecule has 0 spiro atoms. The summed E-state index contributed by atoms with van der Waals surface area (Å²) in [7, 11) is 0. The highest BCUT2D eigenvalue weighted by atomic mass is 19.1. The zero-order chi connectivity index (χ0) is 17.9. The third-order valence-corrected chi connectivity index (χ3v) is 5.03. The van der Waals surface area contributed by atoms with Gasteiger partial charge in [0.2, 0.25) is 0 Å². The minimum absolute atomic E-state index is 0.249. The Hall–Kier alpha value is -2.27.